The highest BCUT2D eigenvalue weighted by Crippen LogP contribution is 2.31. The Labute approximate surface area is 188 Å². The van der Waals surface area contributed by atoms with E-state index in [1.54, 1.807) is 24.3 Å². The van der Waals surface area contributed by atoms with Crippen LogP contribution >= 0.6 is 12.2 Å². The van der Waals surface area contributed by atoms with Gasteiger partial charge in [-0.3, -0.25) is 14.9 Å². The Balaban J connectivity index is 1.54. The van der Waals surface area contributed by atoms with Gasteiger partial charge in [-0.2, -0.15) is 0 Å². The molecule has 2 aromatic carbocycles. The second-order valence-corrected chi connectivity index (χ2v) is 8.61. The van der Waals surface area contributed by atoms with Crippen LogP contribution in [0.2, 0.25) is 0 Å². The third-order valence-electron chi connectivity index (χ3n) is 5.10. The minimum atomic E-state index is -0.304. The Morgan fingerprint density at radius 1 is 1.06 bits per heavy atom. The Morgan fingerprint density at radius 2 is 1.71 bits per heavy atom. The molecule has 3 rings (SSSR count). The molecule has 0 saturated heterocycles. The predicted octanol–water partition coefficient (Wildman–Crippen LogP) is 4.90. The lowest BCUT2D eigenvalue weighted by Gasteiger charge is -2.15. The molecular weight excluding hydrogens is 410 g/mol. The molecule has 1 fully saturated rings. The molecule has 0 radical (unpaired) electrons. The van der Waals surface area contributed by atoms with Gasteiger partial charge in [0.05, 0.1) is 6.61 Å². The molecule has 0 spiro atoms. The van der Waals surface area contributed by atoms with Crippen LogP contribution < -0.4 is 20.7 Å². The first-order valence-electron chi connectivity index (χ1n) is 10.6. The standard InChI is InChI=1S/C24H29N3O3S/c1-15(2)13-14-30-19-11-9-18(10-12-19)23(29)27-24(31)26-21-6-4-5-20(16(21)3)25-22(28)17-7-8-17/h4-6,9-12,15,17H,7-8,13-14H2,1-3H3,(H,25,28)(H2,26,27,29,31). The molecular formula is C24H29N3O3S. The minimum Gasteiger partial charge on any atom is -0.494 e. The van der Waals surface area contributed by atoms with E-state index in [4.69, 9.17) is 17.0 Å². The van der Waals surface area contributed by atoms with Crippen molar-refractivity contribution in [2.24, 2.45) is 11.8 Å². The Hall–Kier alpha value is -2.93. The van der Waals surface area contributed by atoms with Gasteiger partial charge in [-0.25, -0.2) is 0 Å². The van der Waals surface area contributed by atoms with Crippen molar-refractivity contribution in [3.05, 3.63) is 53.6 Å². The molecule has 0 atom stereocenters. The summed E-state index contributed by atoms with van der Waals surface area (Å²) >= 11 is 5.31. The summed E-state index contributed by atoms with van der Waals surface area (Å²) in [6.45, 7) is 6.84. The zero-order chi connectivity index (χ0) is 22.4. The number of carbonyl (C=O) groups is 2. The first-order valence-corrected chi connectivity index (χ1v) is 11.0. The topological polar surface area (TPSA) is 79.5 Å². The van der Waals surface area contributed by atoms with Crippen molar-refractivity contribution in [3.63, 3.8) is 0 Å². The van der Waals surface area contributed by atoms with Gasteiger partial charge in [0.2, 0.25) is 5.91 Å². The average molecular weight is 440 g/mol. The highest BCUT2D eigenvalue weighted by molar-refractivity contribution is 7.80. The summed E-state index contributed by atoms with van der Waals surface area (Å²) in [6.07, 6.45) is 2.88. The molecule has 2 amide bonds. The summed E-state index contributed by atoms with van der Waals surface area (Å²) in [7, 11) is 0. The molecule has 0 aliphatic heterocycles. The monoisotopic (exact) mass is 439 g/mol. The minimum absolute atomic E-state index is 0.0489. The predicted molar refractivity (Wildman–Crippen MR) is 128 cm³/mol. The number of hydrogen-bond acceptors (Lipinski definition) is 4. The van der Waals surface area contributed by atoms with Crippen LogP contribution in [0.25, 0.3) is 0 Å². The van der Waals surface area contributed by atoms with Crippen molar-refractivity contribution < 1.29 is 14.3 Å². The van der Waals surface area contributed by atoms with Crippen LogP contribution in [-0.4, -0.2) is 23.5 Å². The number of hydrogen-bond donors (Lipinski definition) is 3. The van der Waals surface area contributed by atoms with E-state index in [-0.39, 0.29) is 22.8 Å². The van der Waals surface area contributed by atoms with Crippen LogP contribution in [0.4, 0.5) is 11.4 Å². The van der Waals surface area contributed by atoms with Crippen LogP contribution in [0.3, 0.4) is 0 Å². The highest BCUT2D eigenvalue weighted by Gasteiger charge is 2.29. The SMILES string of the molecule is Cc1c(NC(=O)C2CC2)cccc1NC(=S)NC(=O)c1ccc(OCCC(C)C)cc1. The van der Waals surface area contributed by atoms with Gasteiger partial charge in [0.1, 0.15) is 5.75 Å². The summed E-state index contributed by atoms with van der Waals surface area (Å²) in [4.78, 5) is 24.6. The van der Waals surface area contributed by atoms with Crippen LogP contribution in [0.5, 0.6) is 5.75 Å². The Bertz CT molecular complexity index is 953. The molecule has 1 aliphatic rings. The fourth-order valence-electron chi connectivity index (χ4n) is 2.93. The maximum absolute atomic E-state index is 12.5. The summed E-state index contributed by atoms with van der Waals surface area (Å²) in [5, 5.41) is 8.88. The smallest absolute Gasteiger partial charge is 0.257 e. The Morgan fingerprint density at radius 3 is 2.32 bits per heavy atom. The van der Waals surface area contributed by atoms with Crippen molar-refractivity contribution in [1.29, 1.82) is 0 Å². The van der Waals surface area contributed by atoms with Crippen molar-refractivity contribution in [1.82, 2.24) is 5.32 Å². The average Bonchev–Trinajstić information content (AvgIpc) is 3.56. The number of nitrogens with one attached hydrogen (secondary N) is 3. The van der Waals surface area contributed by atoms with E-state index in [1.165, 1.54) is 0 Å². The van der Waals surface area contributed by atoms with Crippen LogP contribution in [0.15, 0.2) is 42.5 Å². The summed E-state index contributed by atoms with van der Waals surface area (Å²) in [6, 6.07) is 12.5. The molecule has 3 N–H and O–H groups in total. The van der Waals surface area contributed by atoms with Gasteiger partial charge in [0.15, 0.2) is 5.11 Å². The molecule has 0 aromatic heterocycles. The molecule has 6 nitrogen and oxygen atoms in total. The summed E-state index contributed by atoms with van der Waals surface area (Å²) in [5.74, 6) is 1.19. The lowest BCUT2D eigenvalue weighted by molar-refractivity contribution is -0.117. The number of benzene rings is 2. The van der Waals surface area contributed by atoms with E-state index >= 15 is 0 Å². The second-order valence-electron chi connectivity index (χ2n) is 8.21. The van der Waals surface area contributed by atoms with E-state index in [9.17, 15) is 9.59 Å². The number of rotatable bonds is 8. The normalized spacial score (nSPS) is 12.9. The van der Waals surface area contributed by atoms with Gasteiger partial charge in [0.25, 0.3) is 5.91 Å². The van der Waals surface area contributed by atoms with Crippen molar-refractivity contribution in [2.75, 3.05) is 17.2 Å². The van der Waals surface area contributed by atoms with E-state index in [1.807, 2.05) is 25.1 Å². The third-order valence-corrected chi connectivity index (χ3v) is 5.30. The molecule has 0 unspecified atom stereocenters. The lowest BCUT2D eigenvalue weighted by atomic mass is 10.1. The Kier molecular flexibility index (Phi) is 7.63. The van der Waals surface area contributed by atoms with Crippen LogP contribution in [0, 0.1) is 18.8 Å². The quantitative estimate of drug-likeness (QED) is 0.510. The fraction of sp³-hybridized carbons (Fsp3) is 0.375. The molecule has 164 valence electrons. The van der Waals surface area contributed by atoms with E-state index < -0.39 is 0 Å². The van der Waals surface area contributed by atoms with Gasteiger partial charge in [-0.05, 0) is 86.3 Å². The number of amides is 2. The van der Waals surface area contributed by atoms with Crippen molar-refractivity contribution in [3.8, 4) is 5.75 Å². The van der Waals surface area contributed by atoms with Gasteiger partial charge in [-0.1, -0.05) is 19.9 Å². The highest BCUT2D eigenvalue weighted by atomic mass is 32.1. The molecule has 1 saturated carbocycles. The van der Waals surface area contributed by atoms with Gasteiger partial charge in [0, 0.05) is 22.9 Å². The third kappa shape index (κ3) is 6.79. The number of anilines is 2. The first-order chi connectivity index (χ1) is 14.8. The largest absolute Gasteiger partial charge is 0.494 e. The van der Waals surface area contributed by atoms with Crippen molar-refractivity contribution >= 4 is 40.5 Å². The fourth-order valence-corrected chi connectivity index (χ4v) is 3.13. The number of carbonyl (C=O) groups excluding carboxylic acids is 2. The molecule has 0 bridgehead atoms. The zero-order valence-corrected chi connectivity index (χ0v) is 19.0. The van der Waals surface area contributed by atoms with Gasteiger partial charge < -0.3 is 15.4 Å². The zero-order valence-electron chi connectivity index (χ0n) is 18.2. The number of thiocarbonyl (C=S) groups is 1. The van der Waals surface area contributed by atoms with E-state index in [0.717, 1.165) is 42.0 Å². The second kappa shape index (κ2) is 10.4. The van der Waals surface area contributed by atoms with Crippen molar-refractivity contribution in [2.45, 2.75) is 40.0 Å². The molecule has 2 aromatic rings. The first kappa shape index (κ1) is 22.7. The van der Waals surface area contributed by atoms with Gasteiger partial charge in [-0.15, -0.1) is 0 Å². The van der Waals surface area contributed by atoms with Gasteiger partial charge >= 0.3 is 0 Å². The maximum atomic E-state index is 12.5. The lowest BCUT2D eigenvalue weighted by Crippen LogP contribution is -2.34. The summed E-state index contributed by atoms with van der Waals surface area (Å²) < 4.78 is 5.68. The summed E-state index contributed by atoms with van der Waals surface area (Å²) in [5.41, 5.74) is 2.82. The maximum Gasteiger partial charge on any atom is 0.257 e. The van der Waals surface area contributed by atoms with E-state index in [0.29, 0.717) is 18.1 Å². The van der Waals surface area contributed by atoms with Crippen LogP contribution in [0.1, 0.15) is 49.0 Å². The molecule has 31 heavy (non-hydrogen) atoms. The van der Waals surface area contributed by atoms with E-state index in [2.05, 4.69) is 29.8 Å². The number of ether oxygens (including phenoxy) is 1. The van der Waals surface area contributed by atoms with Crippen LogP contribution in [-0.2, 0) is 4.79 Å². The molecule has 0 heterocycles. The molecule has 7 heteroatoms. The molecule has 1 aliphatic carbocycles.